The third-order valence-corrected chi connectivity index (χ3v) is 4.57. The predicted octanol–water partition coefficient (Wildman–Crippen LogP) is 1.36. The van der Waals surface area contributed by atoms with Crippen LogP contribution in [0, 0.1) is 0 Å². The van der Waals surface area contributed by atoms with Crippen molar-refractivity contribution in [2.75, 3.05) is 13.2 Å². The number of hydrogen-bond donors (Lipinski definition) is 2. The molecule has 0 unspecified atom stereocenters. The van der Waals surface area contributed by atoms with Crippen LogP contribution >= 0.6 is 27.3 Å². The molecule has 2 rings (SSSR count). The number of esters is 1. The Morgan fingerprint density at radius 2 is 2.18 bits per heavy atom. The first kappa shape index (κ1) is 16.5. The van der Waals surface area contributed by atoms with Crippen molar-refractivity contribution in [3.05, 3.63) is 25.8 Å². The number of nitrogens with zero attached hydrogens (tertiary/aromatic N) is 1. The normalized spacial score (nSPS) is 10.7. The van der Waals surface area contributed by atoms with E-state index in [4.69, 9.17) is 0 Å². The largest absolute Gasteiger partial charge is 0.505 e. The minimum absolute atomic E-state index is 0.191. The zero-order valence-electron chi connectivity index (χ0n) is 11.8. The summed E-state index contributed by atoms with van der Waals surface area (Å²) in [5.41, 5.74) is -0.522. The molecule has 2 aromatic rings. The number of halogens is 1. The fourth-order valence-corrected chi connectivity index (χ4v) is 3.49. The number of nitrogens with one attached hydrogen (secondary N) is 1. The van der Waals surface area contributed by atoms with Crippen molar-refractivity contribution in [2.24, 2.45) is 7.05 Å². The topological polar surface area (TPSA) is 97.6 Å². The SMILES string of the molecule is CCOC(=O)CNC(=O)c1c(O)c2sc(Br)cc2n(C)c1=O. The third kappa shape index (κ3) is 3.00. The summed E-state index contributed by atoms with van der Waals surface area (Å²) in [4.78, 5) is 35.6. The molecule has 0 aliphatic heterocycles. The van der Waals surface area contributed by atoms with Crippen molar-refractivity contribution in [2.45, 2.75) is 6.92 Å². The Hall–Kier alpha value is -1.87. The number of rotatable bonds is 4. The monoisotopic (exact) mass is 388 g/mol. The summed E-state index contributed by atoms with van der Waals surface area (Å²) in [6.45, 7) is 1.46. The molecule has 0 aromatic carbocycles. The van der Waals surface area contributed by atoms with E-state index in [2.05, 4.69) is 26.0 Å². The summed E-state index contributed by atoms with van der Waals surface area (Å²) < 4.78 is 7.09. The van der Waals surface area contributed by atoms with Gasteiger partial charge in [0, 0.05) is 7.05 Å². The molecule has 0 fully saturated rings. The van der Waals surface area contributed by atoms with Crippen molar-refractivity contribution >= 4 is 49.4 Å². The van der Waals surface area contributed by atoms with Gasteiger partial charge in [-0.25, -0.2) is 0 Å². The van der Waals surface area contributed by atoms with Crippen LogP contribution in [0.4, 0.5) is 0 Å². The number of thiophene rings is 1. The van der Waals surface area contributed by atoms with Crippen molar-refractivity contribution in [1.82, 2.24) is 9.88 Å². The van der Waals surface area contributed by atoms with Crippen LogP contribution in [-0.4, -0.2) is 34.7 Å². The Bertz CT molecular complexity index is 811. The molecule has 0 aliphatic carbocycles. The van der Waals surface area contributed by atoms with Gasteiger partial charge in [-0.2, -0.15) is 0 Å². The van der Waals surface area contributed by atoms with Crippen molar-refractivity contribution in [3.8, 4) is 5.75 Å². The highest BCUT2D eigenvalue weighted by molar-refractivity contribution is 9.11. The lowest BCUT2D eigenvalue weighted by molar-refractivity contribution is -0.141. The highest BCUT2D eigenvalue weighted by Crippen LogP contribution is 2.36. The van der Waals surface area contributed by atoms with Crippen LogP contribution in [0.2, 0.25) is 0 Å². The van der Waals surface area contributed by atoms with Gasteiger partial charge in [0.1, 0.15) is 12.1 Å². The van der Waals surface area contributed by atoms with Crippen LogP contribution in [0.5, 0.6) is 5.75 Å². The van der Waals surface area contributed by atoms with Crippen molar-refractivity contribution in [3.63, 3.8) is 0 Å². The van der Waals surface area contributed by atoms with E-state index in [1.165, 1.54) is 23.0 Å². The quantitative estimate of drug-likeness (QED) is 0.770. The molecule has 0 saturated carbocycles. The molecule has 2 heterocycles. The number of aromatic nitrogens is 1. The third-order valence-electron chi connectivity index (χ3n) is 2.94. The summed E-state index contributed by atoms with van der Waals surface area (Å²) in [6, 6.07) is 1.68. The highest BCUT2D eigenvalue weighted by Gasteiger charge is 2.23. The first-order valence-electron chi connectivity index (χ1n) is 6.31. The summed E-state index contributed by atoms with van der Waals surface area (Å²) in [7, 11) is 1.51. The first-order chi connectivity index (χ1) is 10.4. The van der Waals surface area contributed by atoms with Gasteiger partial charge in [0.2, 0.25) is 0 Å². The molecule has 9 heteroatoms. The Labute approximate surface area is 137 Å². The van der Waals surface area contributed by atoms with Crippen LogP contribution < -0.4 is 10.9 Å². The van der Waals surface area contributed by atoms with Gasteiger partial charge in [0.25, 0.3) is 11.5 Å². The van der Waals surface area contributed by atoms with E-state index in [-0.39, 0.29) is 13.2 Å². The van der Waals surface area contributed by atoms with Gasteiger partial charge in [-0.15, -0.1) is 11.3 Å². The standard InChI is InChI=1S/C13H13BrN2O5S/c1-3-21-8(17)5-15-12(19)9-10(18)11-6(4-7(14)22-11)16(2)13(9)20/h4,18H,3,5H2,1-2H3,(H,15,19). The molecule has 0 atom stereocenters. The molecule has 118 valence electrons. The lowest BCUT2D eigenvalue weighted by atomic mass is 10.2. The molecular formula is C13H13BrN2O5S. The Morgan fingerprint density at radius 1 is 1.50 bits per heavy atom. The van der Waals surface area contributed by atoms with Crippen LogP contribution in [0.15, 0.2) is 14.6 Å². The average molecular weight is 389 g/mol. The maximum atomic E-state index is 12.2. The molecule has 0 bridgehead atoms. The molecule has 22 heavy (non-hydrogen) atoms. The zero-order chi connectivity index (χ0) is 16.4. The number of fused-ring (bicyclic) bond motifs is 1. The number of pyridine rings is 1. The molecule has 0 spiro atoms. The summed E-state index contributed by atoms with van der Waals surface area (Å²) in [5, 5.41) is 12.5. The molecule has 0 aliphatic rings. The van der Waals surface area contributed by atoms with Crippen LogP contribution in [-0.2, 0) is 16.6 Å². The summed E-state index contributed by atoms with van der Waals surface area (Å²) in [6.07, 6.45) is 0. The van der Waals surface area contributed by atoms with E-state index in [1.807, 2.05) is 0 Å². The zero-order valence-corrected chi connectivity index (χ0v) is 14.2. The number of hydrogen-bond acceptors (Lipinski definition) is 6. The first-order valence-corrected chi connectivity index (χ1v) is 7.92. The van der Waals surface area contributed by atoms with Crippen molar-refractivity contribution < 1.29 is 19.4 Å². The molecule has 2 aromatic heterocycles. The minimum atomic E-state index is -0.822. The lowest BCUT2D eigenvalue weighted by Gasteiger charge is -2.09. The number of ether oxygens (including phenoxy) is 1. The van der Waals surface area contributed by atoms with E-state index in [9.17, 15) is 19.5 Å². The minimum Gasteiger partial charge on any atom is -0.505 e. The fourth-order valence-electron chi connectivity index (χ4n) is 1.92. The Kier molecular flexibility index (Phi) is 4.87. The molecule has 2 N–H and O–H groups in total. The van der Waals surface area contributed by atoms with E-state index in [1.54, 1.807) is 13.0 Å². The molecule has 0 radical (unpaired) electrons. The second-order valence-corrected chi connectivity index (χ2v) is 6.77. The van der Waals surface area contributed by atoms with Crippen molar-refractivity contribution in [1.29, 1.82) is 0 Å². The van der Waals surface area contributed by atoms with Crippen LogP contribution in [0.3, 0.4) is 0 Å². The van der Waals surface area contributed by atoms with E-state index in [0.717, 1.165) is 3.79 Å². The number of aryl methyl sites for hydroxylation is 1. The van der Waals surface area contributed by atoms with Gasteiger partial charge < -0.3 is 19.7 Å². The molecule has 1 amide bonds. The fraction of sp³-hybridized carbons (Fsp3) is 0.308. The number of aromatic hydroxyl groups is 1. The highest BCUT2D eigenvalue weighted by atomic mass is 79.9. The second kappa shape index (κ2) is 6.49. The summed E-state index contributed by atoms with van der Waals surface area (Å²) >= 11 is 4.48. The van der Waals surface area contributed by atoms with Crippen LogP contribution in [0.25, 0.3) is 10.2 Å². The van der Waals surface area contributed by atoms with Gasteiger partial charge in [0.15, 0.2) is 5.75 Å². The molecule has 0 saturated heterocycles. The maximum absolute atomic E-state index is 12.2. The van der Waals surface area contributed by atoms with Gasteiger partial charge in [0.05, 0.1) is 20.6 Å². The van der Waals surface area contributed by atoms with Gasteiger partial charge in [-0.1, -0.05) is 0 Å². The Morgan fingerprint density at radius 3 is 2.82 bits per heavy atom. The Balaban J connectivity index is 2.40. The smallest absolute Gasteiger partial charge is 0.325 e. The number of carbonyl (C=O) groups excluding carboxylic acids is 2. The summed E-state index contributed by atoms with van der Waals surface area (Å²) in [5.74, 6) is -1.83. The molecule has 7 nitrogen and oxygen atoms in total. The predicted molar refractivity (Wildman–Crippen MR) is 85.4 cm³/mol. The van der Waals surface area contributed by atoms with E-state index in [0.29, 0.717) is 10.2 Å². The number of amides is 1. The van der Waals surface area contributed by atoms with Gasteiger partial charge in [-0.05, 0) is 28.9 Å². The van der Waals surface area contributed by atoms with E-state index < -0.39 is 28.7 Å². The molecular weight excluding hydrogens is 376 g/mol. The second-order valence-electron chi connectivity index (χ2n) is 4.34. The van der Waals surface area contributed by atoms with E-state index >= 15 is 0 Å². The van der Waals surface area contributed by atoms with Gasteiger partial charge >= 0.3 is 5.97 Å². The van der Waals surface area contributed by atoms with Gasteiger partial charge in [-0.3, -0.25) is 14.4 Å². The van der Waals surface area contributed by atoms with Crippen LogP contribution in [0.1, 0.15) is 17.3 Å². The lowest BCUT2D eigenvalue weighted by Crippen LogP contribution is -2.35. The average Bonchev–Trinajstić information content (AvgIpc) is 2.86. The number of carbonyl (C=O) groups is 2. The maximum Gasteiger partial charge on any atom is 0.325 e.